The number of phenols is 1. The van der Waals surface area contributed by atoms with Crippen LogP contribution in [0.3, 0.4) is 0 Å². The molecule has 0 amide bonds. The van der Waals surface area contributed by atoms with Gasteiger partial charge in [-0.05, 0) is 69.2 Å². The third kappa shape index (κ3) is 4.59. The van der Waals surface area contributed by atoms with E-state index in [1.807, 2.05) is 19.9 Å². The first-order valence-electron chi connectivity index (χ1n) is 12.6. The number of fused-ring (bicyclic) bond motifs is 1. The van der Waals surface area contributed by atoms with Crippen molar-refractivity contribution in [3.63, 3.8) is 0 Å². The molecule has 1 aromatic carbocycles. The largest absolute Gasteiger partial charge is 0.508 e. The van der Waals surface area contributed by atoms with Gasteiger partial charge in [0.1, 0.15) is 17.3 Å². The number of Topliss-reactive ketones (excluding diaryl/α,β-unsaturated/α-hetero) is 1. The van der Waals surface area contributed by atoms with Gasteiger partial charge in [0.2, 0.25) is 0 Å². The summed E-state index contributed by atoms with van der Waals surface area (Å²) in [6, 6.07) is 7.04. The van der Waals surface area contributed by atoms with E-state index in [9.17, 15) is 19.8 Å². The summed E-state index contributed by atoms with van der Waals surface area (Å²) in [5.74, 6) is -0.498. The Bertz CT molecular complexity index is 1290. The summed E-state index contributed by atoms with van der Waals surface area (Å²) in [6.45, 7) is 3.54. The van der Waals surface area contributed by atoms with Crippen molar-refractivity contribution in [2.24, 2.45) is 11.8 Å². The van der Waals surface area contributed by atoms with E-state index in [4.69, 9.17) is 4.74 Å². The molecule has 1 saturated heterocycles. The van der Waals surface area contributed by atoms with Gasteiger partial charge in [0.05, 0.1) is 6.61 Å². The van der Waals surface area contributed by atoms with Crippen molar-refractivity contribution in [1.29, 1.82) is 0 Å². The monoisotopic (exact) mass is 492 g/mol. The fraction of sp³-hybridized carbons (Fsp3) is 0.519. The molecule has 1 aliphatic carbocycles. The van der Waals surface area contributed by atoms with Crippen molar-refractivity contribution < 1.29 is 24.5 Å². The highest BCUT2D eigenvalue weighted by atomic mass is 16.6. The van der Waals surface area contributed by atoms with Gasteiger partial charge >= 0.3 is 5.97 Å². The highest BCUT2D eigenvalue weighted by molar-refractivity contribution is 6.01. The van der Waals surface area contributed by atoms with E-state index in [-0.39, 0.29) is 36.9 Å². The van der Waals surface area contributed by atoms with Crippen molar-refractivity contribution in [2.75, 3.05) is 0 Å². The van der Waals surface area contributed by atoms with Gasteiger partial charge in [-0.2, -0.15) is 4.98 Å². The molecule has 2 N–H and O–H groups in total. The van der Waals surface area contributed by atoms with Crippen LogP contribution in [0, 0.1) is 25.7 Å². The molecular weight excluding hydrogens is 460 g/mol. The number of aromatic hydroxyl groups is 1. The lowest BCUT2D eigenvalue weighted by atomic mass is 9.73. The lowest BCUT2D eigenvalue weighted by molar-refractivity contribution is -0.185. The second kappa shape index (κ2) is 9.61. The van der Waals surface area contributed by atoms with Gasteiger partial charge < -0.3 is 14.9 Å². The summed E-state index contributed by atoms with van der Waals surface area (Å²) in [4.78, 5) is 35.6. The van der Waals surface area contributed by atoms with Crippen LogP contribution in [-0.2, 0) is 33.8 Å². The predicted molar refractivity (Wildman–Crippen MR) is 130 cm³/mol. The first-order chi connectivity index (χ1) is 17.3. The van der Waals surface area contributed by atoms with Gasteiger partial charge in [-0.1, -0.05) is 18.9 Å². The van der Waals surface area contributed by atoms with Gasteiger partial charge in [-0.3, -0.25) is 9.59 Å². The molecule has 2 fully saturated rings. The number of rotatable bonds is 7. The summed E-state index contributed by atoms with van der Waals surface area (Å²) in [5.41, 5.74) is 2.26. The molecule has 0 spiro atoms. The van der Waals surface area contributed by atoms with Gasteiger partial charge in [-0.15, -0.1) is 5.10 Å². The number of carbonyl (C=O) groups excluding carboxylic acids is 2. The molecule has 5 rings (SSSR count). The number of benzene rings is 1. The van der Waals surface area contributed by atoms with E-state index >= 15 is 0 Å². The van der Waals surface area contributed by atoms with Crippen molar-refractivity contribution >= 4 is 17.5 Å². The minimum absolute atomic E-state index is 0.0509. The first kappa shape index (κ1) is 24.4. The van der Waals surface area contributed by atoms with Crippen molar-refractivity contribution in [1.82, 2.24) is 19.6 Å². The Morgan fingerprint density at radius 3 is 2.64 bits per heavy atom. The molecule has 1 aliphatic heterocycles. The smallest absolute Gasteiger partial charge is 0.317 e. The summed E-state index contributed by atoms with van der Waals surface area (Å²) in [5, 5.41) is 23.8. The Balaban J connectivity index is 1.36. The topological polar surface area (TPSA) is 127 Å². The number of hydrogen-bond donors (Lipinski definition) is 2. The van der Waals surface area contributed by atoms with Crippen molar-refractivity contribution in [2.45, 2.75) is 77.4 Å². The fourth-order valence-corrected chi connectivity index (χ4v) is 5.83. The van der Waals surface area contributed by atoms with Crippen LogP contribution in [0.5, 0.6) is 5.75 Å². The molecule has 2 aromatic heterocycles. The Hall–Kier alpha value is -3.33. The zero-order valence-corrected chi connectivity index (χ0v) is 20.7. The number of aromatic nitrogens is 4. The Morgan fingerprint density at radius 1 is 1.14 bits per heavy atom. The Labute approximate surface area is 209 Å². The van der Waals surface area contributed by atoms with Crippen molar-refractivity contribution in [3.05, 3.63) is 52.6 Å². The highest BCUT2D eigenvalue weighted by Gasteiger charge is 2.51. The summed E-state index contributed by atoms with van der Waals surface area (Å²) in [7, 11) is 0. The Kier molecular flexibility index (Phi) is 6.51. The molecule has 2 unspecified atom stereocenters. The number of aliphatic hydroxyl groups excluding tert-OH is 1. The maximum Gasteiger partial charge on any atom is 0.317 e. The number of ketones is 1. The lowest BCUT2D eigenvalue weighted by Gasteiger charge is -2.43. The quantitative estimate of drug-likeness (QED) is 0.380. The average molecular weight is 493 g/mol. The average Bonchev–Trinajstić information content (AvgIpc) is 3.52. The number of carbonyl (C=O) groups is 2. The second-order valence-electron chi connectivity index (χ2n) is 10.3. The van der Waals surface area contributed by atoms with Crippen LogP contribution in [0.4, 0.5) is 0 Å². The van der Waals surface area contributed by atoms with Crippen LogP contribution in [-0.4, -0.2) is 47.1 Å². The lowest BCUT2D eigenvalue weighted by Crippen LogP contribution is -2.52. The third-order valence-electron chi connectivity index (χ3n) is 7.75. The normalized spacial score (nSPS) is 22.9. The molecule has 9 nitrogen and oxygen atoms in total. The van der Waals surface area contributed by atoms with E-state index in [1.165, 1.54) is 0 Å². The van der Waals surface area contributed by atoms with Crippen LogP contribution in [0.1, 0.15) is 66.9 Å². The van der Waals surface area contributed by atoms with E-state index in [2.05, 4.69) is 15.1 Å². The number of esters is 1. The molecule has 190 valence electrons. The van der Waals surface area contributed by atoms with E-state index < -0.39 is 17.5 Å². The predicted octanol–water partition coefficient (Wildman–Crippen LogP) is 3.18. The summed E-state index contributed by atoms with van der Waals surface area (Å²) in [6.07, 6.45) is 5.36. The maximum absolute atomic E-state index is 13.4. The SMILES string of the molecule is Cc1cc(C)n2nc(CC3C(=O)CC(CCc4ccc(O)c(CO)c4)(C4CCCC4)OC3=O)nc2n1. The third-order valence-corrected chi connectivity index (χ3v) is 7.75. The van der Waals surface area contributed by atoms with Crippen LogP contribution >= 0.6 is 0 Å². The van der Waals surface area contributed by atoms with Gasteiger partial charge in [-0.25, -0.2) is 9.50 Å². The van der Waals surface area contributed by atoms with E-state index in [0.29, 0.717) is 30.0 Å². The highest BCUT2D eigenvalue weighted by Crippen LogP contribution is 2.45. The van der Waals surface area contributed by atoms with Crippen molar-refractivity contribution in [3.8, 4) is 5.75 Å². The van der Waals surface area contributed by atoms with Gasteiger partial charge in [0.25, 0.3) is 5.78 Å². The van der Waals surface area contributed by atoms with Crippen LogP contribution < -0.4 is 0 Å². The zero-order valence-electron chi connectivity index (χ0n) is 20.7. The van der Waals surface area contributed by atoms with Crippen LogP contribution in [0.25, 0.3) is 5.78 Å². The molecule has 0 bridgehead atoms. The molecule has 9 heteroatoms. The number of cyclic esters (lactones) is 1. The standard InChI is InChI=1S/C27H32N4O5/c1-16-11-17(2)31-26(28-16)29-24(30-31)13-21-23(34)14-27(36-25(21)35,20-5-3-4-6-20)10-9-18-7-8-22(33)19(12-18)15-32/h7-8,11-12,20-21,32-33H,3-6,9-10,13-15H2,1-2H3. The van der Waals surface area contributed by atoms with Crippen LogP contribution in [0.15, 0.2) is 24.3 Å². The van der Waals surface area contributed by atoms with Gasteiger partial charge in [0, 0.05) is 29.8 Å². The maximum atomic E-state index is 13.4. The van der Waals surface area contributed by atoms with Gasteiger partial charge in [0.15, 0.2) is 11.6 Å². The second-order valence-corrected chi connectivity index (χ2v) is 10.3. The first-order valence-corrected chi connectivity index (χ1v) is 12.6. The van der Waals surface area contributed by atoms with Crippen LogP contribution in [0.2, 0.25) is 0 Å². The summed E-state index contributed by atoms with van der Waals surface area (Å²) < 4.78 is 7.82. The minimum atomic E-state index is -0.923. The molecule has 3 aromatic rings. The van der Waals surface area contributed by atoms with E-state index in [1.54, 1.807) is 22.7 Å². The molecular formula is C27H32N4O5. The number of nitrogens with zero attached hydrogens (tertiary/aromatic N) is 4. The molecule has 2 atom stereocenters. The molecule has 1 saturated carbocycles. The summed E-state index contributed by atoms with van der Waals surface area (Å²) >= 11 is 0. The Morgan fingerprint density at radius 2 is 1.92 bits per heavy atom. The molecule has 3 heterocycles. The number of aryl methyl sites for hydroxylation is 3. The number of hydrogen-bond acceptors (Lipinski definition) is 8. The zero-order chi connectivity index (χ0) is 25.4. The number of aliphatic hydroxyl groups is 1. The molecule has 2 aliphatic rings. The minimum Gasteiger partial charge on any atom is -0.508 e. The van der Waals surface area contributed by atoms with E-state index in [0.717, 1.165) is 42.6 Å². The number of ether oxygens (including phenoxy) is 1. The molecule has 0 radical (unpaired) electrons. The fourth-order valence-electron chi connectivity index (χ4n) is 5.83. The molecule has 36 heavy (non-hydrogen) atoms.